The number of nitrogens with one attached hydrogen (secondary N) is 2. The van der Waals surface area contributed by atoms with Gasteiger partial charge in [-0.15, -0.1) is 0 Å². The van der Waals surface area contributed by atoms with Crippen molar-refractivity contribution in [1.29, 1.82) is 0 Å². The lowest BCUT2D eigenvalue weighted by atomic mass is 10.1. The maximum Gasteiger partial charge on any atom is 0.421 e. The van der Waals surface area contributed by atoms with Crippen molar-refractivity contribution in [3.63, 3.8) is 0 Å². The maximum atomic E-state index is 9.47. The van der Waals surface area contributed by atoms with Crippen molar-refractivity contribution >= 4 is 93.2 Å². The number of benzene rings is 4. The van der Waals surface area contributed by atoms with Crippen LogP contribution < -0.4 is 59.2 Å². The summed E-state index contributed by atoms with van der Waals surface area (Å²) < 4.78 is 80.8. The van der Waals surface area contributed by atoms with Gasteiger partial charge in [0.2, 0.25) is 0 Å². The van der Waals surface area contributed by atoms with E-state index < -0.39 is 30.4 Å². The Morgan fingerprint density at radius 2 is 0.778 bits per heavy atom. The third-order valence-electron chi connectivity index (χ3n) is 16.5. The highest BCUT2D eigenvalue weighted by Gasteiger charge is 2.28. The molecule has 36 heteroatoms. The van der Waals surface area contributed by atoms with Crippen LogP contribution in [0.1, 0.15) is 25.7 Å². The maximum absolute atomic E-state index is 9.47. The molecule has 11 rings (SSSR count). The fourth-order valence-corrected chi connectivity index (χ4v) is 10.1. The number of methoxy groups -OCH3 is 1. The summed E-state index contributed by atoms with van der Waals surface area (Å²) in [5.74, 6) is 1.63. The third kappa shape index (κ3) is 37.4. The highest BCUT2D eigenvalue weighted by atomic mass is 32.2. The van der Waals surface area contributed by atoms with Gasteiger partial charge in [0.05, 0.1) is 126 Å². The van der Waals surface area contributed by atoms with Gasteiger partial charge >= 0.3 is 5.95 Å². The van der Waals surface area contributed by atoms with Gasteiger partial charge < -0.3 is 68.2 Å². The van der Waals surface area contributed by atoms with Crippen LogP contribution in [0.25, 0.3) is 0 Å². The number of hydrogen-bond acceptors (Lipinski definition) is 27. The van der Waals surface area contributed by atoms with Gasteiger partial charge in [-0.2, -0.15) is 30.7 Å². The molecule has 2 N–H and O–H groups in total. The van der Waals surface area contributed by atoms with Gasteiger partial charge in [0.15, 0.2) is 37.2 Å². The monoisotopic (exact) mass is 1550 g/mol. The predicted molar refractivity (Wildman–Crippen MR) is 406 cm³/mol. The molecule has 0 radical (unpaired) electrons. The zero-order valence-electron chi connectivity index (χ0n) is 63.6. The second-order valence-corrected chi connectivity index (χ2v) is 30.5. The number of rotatable bonds is 22. The molecule has 3 aliphatic rings. The minimum atomic E-state index is -3.72. The van der Waals surface area contributed by atoms with E-state index >= 15 is 0 Å². The van der Waals surface area contributed by atoms with E-state index in [1.165, 1.54) is 74.3 Å². The largest absolute Gasteiger partial charge is 0.707 e. The van der Waals surface area contributed by atoms with Gasteiger partial charge in [-0.25, -0.2) is 48.1 Å². The normalized spacial score (nSPS) is 14.7. The standard InChI is InChI=1S/C34H46N10.C17H22N5.C13H14N3O.C5H12N2.3CH4O4S/c1-40-20-17-32(18-21-40)37-36-31-13-15-33(16-14-31)43-24-27-44(4,28-25-43)26-8-6-5-7-19-35-29-9-11-30(12-10-29)38-39-34-41(2)22-23-42(34)3;1-20-9-7-16(8-10-20)19-18-15-3-5-17(6-4-15)22-13-11-21(2)12-14-22;1-16-9-7-12(8-10-16)15-14-11-3-5-13(17-2)6-4-11;1-7-4-2-6-3-5-7;3*1-6(3,4)5-2/h9-18,20-23H,5-8,19,24-28H2,1-4H3;3-10H,11-14H2,1-2H3;3-10H,1-2H3;6H,2-5H2,1H3;3*2H,1H3/q+2;2*+1;;;;/p-2. The summed E-state index contributed by atoms with van der Waals surface area (Å²) >= 11 is 0. The fraction of sp³-hybridized carbons (Fsp3) is 0.417. The number of anilines is 3. The SMILES string of the molecule is CN1CCN(c2ccc(N=Nc3cc[n+](C)cc3)cc2)CC1.CN1CCNCC1.COc1ccc(N=Nc2cc[n+](C)cc2)cc1.CS(=O)(=O)O[O-].CS(=O)(=O)O[O-].CS(=O)(=O)O[O-].Cn1cc[n+](C)c1N=Nc1ccc(NCCCCCC[N+]2(C)CCN(c3ccc(N=Nc4cc[n+](C)cc4)cc3)CC2)cc1. The molecule has 0 bridgehead atoms. The van der Waals surface area contributed by atoms with Crippen LogP contribution in [0.5, 0.6) is 5.75 Å². The summed E-state index contributed by atoms with van der Waals surface area (Å²) in [5.41, 5.74) is 9.63. The number of piperazine rings is 3. The van der Waals surface area contributed by atoms with Gasteiger partial charge in [-0.05, 0) is 130 Å². The number of ether oxygens (including phenoxy) is 1. The van der Waals surface area contributed by atoms with Crippen LogP contribution in [-0.4, -0.2) is 183 Å². The average Bonchev–Trinajstić information content (AvgIpc) is 0.939. The molecule has 0 amide bonds. The van der Waals surface area contributed by atoms with E-state index in [4.69, 9.17) is 20.5 Å². The zero-order chi connectivity index (χ0) is 79.0. The number of likely N-dealkylation sites (N-methyl/N-ethyl adjacent to an activating group) is 3. The molecule has 8 aromatic rings. The predicted octanol–water partition coefficient (Wildman–Crippen LogP) is 6.29. The molecule has 3 fully saturated rings. The zero-order valence-corrected chi connectivity index (χ0v) is 66.1. The Kier molecular flexibility index (Phi) is 38.6. The van der Waals surface area contributed by atoms with Gasteiger partial charge in [-0.3, -0.25) is 0 Å². The smallest absolute Gasteiger partial charge is 0.421 e. The quantitative estimate of drug-likeness (QED) is 0.0188. The number of aryl methyl sites for hydroxylation is 5. The molecule has 4 aromatic carbocycles. The molecule has 0 aliphatic carbocycles. The van der Waals surface area contributed by atoms with Gasteiger partial charge in [0.1, 0.15) is 32.6 Å². The molecule has 4 aromatic heterocycles. The molecule has 0 atom stereocenters. The lowest BCUT2D eigenvalue weighted by Crippen LogP contribution is -2.57. The van der Waals surface area contributed by atoms with Gasteiger partial charge in [0, 0.05) is 117 Å². The van der Waals surface area contributed by atoms with Crippen molar-refractivity contribution in [2.45, 2.75) is 25.7 Å². The molecule has 0 unspecified atom stereocenters. The lowest BCUT2D eigenvalue weighted by Gasteiger charge is -2.43. The van der Waals surface area contributed by atoms with E-state index in [9.17, 15) is 25.3 Å². The molecular formula is C72H104N20O13S3+2. The number of pyridine rings is 3. The van der Waals surface area contributed by atoms with E-state index in [2.05, 4.69) is 154 Å². The Hall–Kier alpha value is -9.41. The van der Waals surface area contributed by atoms with E-state index in [-0.39, 0.29) is 0 Å². The number of quaternary nitrogens is 1. The molecule has 0 spiro atoms. The number of aromatic nitrogens is 5. The number of nitrogens with zero attached hydrogens (tertiary/aromatic N) is 18. The number of hydrogen-bond donors (Lipinski definition) is 2. The Bertz CT molecular complexity index is 4260. The molecule has 33 nitrogen and oxygen atoms in total. The van der Waals surface area contributed by atoms with E-state index in [0.717, 1.165) is 116 Å². The Morgan fingerprint density at radius 3 is 1.12 bits per heavy atom. The highest BCUT2D eigenvalue weighted by Crippen LogP contribution is 2.27. The summed E-state index contributed by atoms with van der Waals surface area (Å²) in [4.78, 5) is 9.61. The van der Waals surface area contributed by atoms with Crippen molar-refractivity contribution < 1.29 is 81.5 Å². The van der Waals surface area contributed by atoms with Crippen LogP contribution in [0, 0.1) is 0 Å². The molecule has 3 saturated heterocycles. The van der Waals surface area contributed by atoms with Crippen molar-refractivity contribution in [2.24, 2.45) is 76.2 Å². The number of imidazole rings is 1. The summed E-state index contributed by atoms with van der Waals surface area (Å²) in [7, 11) is 7.11. The van der Waals surface area contributed by atoms with Crippen molar-refractivity contribution in [3.8, 4) is 5.75 Å². The number of azo groups is 4. The molecule has 7 heterocycles. The molecular weight excluding hydrogens is 1450 g/mol. The molecule has 586 valence electrons. The first-order valence-corrected chi connectivity index (χ1v) is 40.1. The minimum Gasteiger partial charge on any atom is -0.707 e. The average molecular weight is 1550 g/mol. The Morgan fingerprint density at radius 1 is 0.444 bits per heavy atom. The Labute approximate surface area is 635 Å². The van der Waals surface area contributed by atoms with E-state index in [0.29, 0.717) is 18.8 Å². The first-order chi connectivity index (χ1) is 51.4. The van der Waals surface area contributed by atoms with E-state index in [1.54, 1.807) is 7.11 Å². The molecule has 108 heavy (non-hydrogen) atoms. The van der Waals surface area contributed by atoms with Crippen LogP contribution in [0.3, 0.4) is 0 Å². The van der Waals surface area contributed by atoms with Crippen molar-refractivity contribution in [2.75, 3.05) is 154 Å². The van der Waals surface area contributed by atoms with Gasteiger partial charge in [-0.1, -0.05) is 11.5 Å². The summed E-state index contributed by atoms with van der Waals surface area (Å²) in [6.45, 7) is 16.0. The topological polar surface area (TPSA) is 365 Å². The second-order valence-electron chi connectivity index (χ2n) is 25.8. The third-order valence-corrected chi connectivity index (χ3v) is 17.2. The second kappa shape index (κ2) is 46.7. The lowest BCUT2D eigenvalue weighted by molar-refractivity contribution is -0.910. The van der Waals surface area contributed by atoms with Crippen LogP contribution in [0.2, 0.25) is 0 Å². The number of unbranched alkanes of at least 4 members (excludes halogenated alkanes) is 3. The molecule has 0 saturated carbocycles. The fourth-order valence-electron chi connectivity index (χ4n) is 10.1. The summed E-state index contributed by atoms with van der Waals surface area (Å²) in [6, 6.07) is 44.0. The van der Waals surface area contributed by atoms with Crippen LogP contribution >= 0.6 is 0 Å². The van der Waals surface area contributed by atoms with E-state index in [1.807, 2.05) is 193 Å². The first-order valence-electron chi connectivity index (χ1n) is 34.6. The Balaban J connectivity index is 0.000000269. The summed E-state index contributed by atoms with van der Waals surface area (Å²) in [5, 5.41) is 67.7. The van der Waals surface area contributed by atoms with Crippen LogP contribution in [0.15, 0.2) is 224 Å². The minimum absolute atomic E-state index is 0.681. The van der Waals surface area contributed by atoms with Crippen LogP contribution in [-0.2, 0) is 78.6 Å². The van der Waals surface area contributed by atoms with Crippen molar-refractivity contribution in [3.05, 3.63) is 183 Å². The van der Waals surface area contributed by atoms with Crippen LogP contribution in [0.4, 0.5) is 62.8 Å². The first kappa shape index (κ1) is 89.2. The molecule has 3 aliphatic heterocycles. The van der Waals surface area contributed by atoms with Crippen molar-refractivity contribution in [1.82, 2.24) is 19.7 Å². The van der Waals surface area contributed by atoms with Gasteiger partial charge in [0.25, 0.3) is 30.4 Å². The highest BCUT2D eigenvalue weighted by molar-refractivity contribution is 7.86. The summed E-state index contributed by atoms with van der Waals surface area (Å²) in [6.07, 6.45) is 22.7.